The zero-order valence-corrected chi connectivity index (χ0v) is 12.5. The first-order valence-electron chi connectivity index (χ1n) is 7.05. The monoisotopic (exact) mass is 262 g/mol. The quantitative estimate of drug-likeness (QED) is 0.793. The molecule has 0 aliphatic rings. The molecule has 0 spiro atoms. The summed E-state index contributed by atoms with van der Waals surface area (Å²) in [7, 11) is 1.67. The molecule has 1 unspecified atom stereocenters. The minimum atomic E-state index is 0.0759. The molecule has 0 aliphatic heterocycles. The highest BCUT2D eigenvalue weighted by Gasteiger charge is 2.06. The van der Waals surface area contributed by atoms with Crippen LogP contribution in [-0.4, -0.2) is 19.5 Å². The Labute approximate surface area is 116 Å². The van der Waals surface area contributed by atoms with Gasteiger partial charge in [0.2, 0.25) is 5.91 Å². The van der Waals surface area contributed by atoms with Crippen molar-refractivity contribution in [2.45, 2.75) is 39.7 Å². The number of carbonyl (C=O) groups is 1. The number of hydrogen-bond donors (Lipinski definition) is 2. The maximum atomic E-state index is 11.1. The first-order valence-corrected chi connectivity index (χ1v) is 7.05. The van der Waals surface area contributed by atoms with Gasteiger partial charge in [-0.15, -0.1) is 0 Å². The van der Waals surface area contributed by atoms with E-state index in [0.29, 0.717) is 18.9 Å². The Morgan fingerprint density at radius 1 is 1.16 bits per heavy atom. The highest BCUT2D eigenvalue weighted by atomic mass is 16.1. The fourth-order valence-electron chi connectivity index (χ4n) is 2.06. The molecule has 1 aromatic carbocycles. The minimum absolute atomic E-state index is 0.0759. The van der Waals surface area contributed by atoms with Crippen LogP contribution < -0.4 is 10.6 Å². The molecule has 0 bridgehead atoms. The zero-order valence-electron chi connectivity index (χ0n) is 12.5. The number of rotatable bonds is 7. The lowest BCUT2D eigenvalue weighted by atomic mass is 10.00. The lowest BCUT2D eigenvalue weighted by Crippen LogP contribution is -2.26. The number of carbonyl (C=O) groups excluding carboxylic acids is 1. The molecule has 1 aromatic rings. The molecule has 0 saturated heterocycles. The van der Waals surface area contributed by atoms with Crippen LogP contribution in [0.25, 0.3) is 0 Å². The van der Waals surface area contributed by atoms with Crippen molar-refractivity contribution in [3.63, 3.8) is 0 Å². The highest BCUT2D eigenvalue weighted by molar-refractivity contribution is 5.75. The molecule has 19 heavy (non-hydrogen) atoms. The summed E-state index contributed by atoms with van der Waals surface area (Å²) < 4.78 is 0. The van der Waals surface area contributed by atoms with Gasteiger partial charge in [0.25, 0.3) is 0 Å². The Morgan fingerprint density at radius 3 is 2.32 bits per heavy atom. The third-order valence-electron chi connectivity index (χ3n) is 3.21. The van der Waals surface area contributed by atoms with Crippen LogP contribution in [0.4, 0.5) is 0 Å². The molecule has 0 radical (unpaired) electrons. The van der Waals surface area contributed by atoms with Crippen molar-refractivity contribution in [3.05, 3.63) is 35.4 Å². The molecule has 106 valence electrons. The molecule has 0 aliphatic carbocycles. The van der Waals surface area contributed by atoms with Crippen molar-refractivity contribution in [2.24, 2.45) is 5.92 Å². The molecule has 3 nitrogen and oxygen atoms in total. The molecule has 1 rings (SSSR count). The van der Waals surface area contributed by atoms with E-state index >= 15 is 0 Å². The summed E-state index contributed by atoms with van der Waals surface area (Å²) >= 11 is 0. The van der Waals surface area contributed by atoms with Gasteiger partial charge in [0.05, 0.1) is 0 Å². The molecule has 0 saturated carbocycles. The third-order valence-corrected chi connectivity index (χ3v) is 3.21. The van der Waals surface area contributed by atoms with Crippen LogP contribution >= 0.6 is 0 Å². The fraction of sp³-hybridized carbons (Fsp3) is 0.562. The van der Waals surface area contributed by atoms with Crippen LogP contribution in [0.5, 0.6) is 0 Å². The van der Waals surface area contributed by atoms with E-state index in [2.05, 4.69) is 55.7 Å². The third kappa shape index (κ3) is 5.88. The van der Waals surface area contributed by atoms with Gasteiger partial charge in [-0.25, -0.2) is 0 Å². The summed E-state index contributed by atoms with van der Waals surface area (Å²) in [5.74, 6) is 0.765. The topological polar surface area (TPSA) is 41.1 Å². The van der Waals surface area contributed by atoms with Crippen LogP contribution in [-0.2, 0) is 11.2 Å². The zero-order chi connectivity index (χ0) is 14.3. The van der Waals surface area contributed by atoms with E-state index in [1.54, 1.807) is 7.05 Å². The van der Waals surface area contributed by atoms with E-state index < -0.39 is 0 Å². The van der Waals surface area contributed by atoms with Gasteiger partial charge in [-0.2, -0.15) is 0 Å². The van der Waals surface area contributed by atoms with Crippen LogP contribution in [0.1, 0.15) is 44.4 Å². The standard InChI is InChI=1S/C16H26N2O/c1-12(2)11-14-5-7-15(8-6-14)13(3)18-10-9-16(19)17-4/h5-8,12-13,18H,9-11H2,1-4H3,(H,17,19). The van der Waals surface area contributed by atoms with E-state index in [1.165, 1.54) is 11.1 Å². The molecule has 2 N–H and O–H groups in total. The summed E-state index contributed by atoms with van der Waals surface area (Å²) in [6.07, 6.45) is 1.64. The maximum absolute atomic E-state index is 11.1. The predicted molar refractivity (Wildman–Crippen MR) is 80.1 cm³/mol. The molecular weight excluding hydrogens is 236 g/mol. The van der Waals surface area contributed by atoms with Crippen molar-refractivity contribution < 1.29 is 4.79 Å². The largest absolute Gasteiger partial charge is 0.359 e. The molecular formula is C16H26N2O. The smallest absolute Gasteiger partial charge is 0.221 e. The predicted octanol–water partition coefficient (Wildman–Crippen LogP) is 2.67. The number of benzene rings is 1. The van der Waals surface area contributed by atoms with E-state index in [1.807, 2.05) is 0 Å². The fourth-order valence-corrected chi connectivity index (χ4v) is 2.06. The summed E-state index contributed by atoms with van der Waals surface area (Å²) in [6.45, 7) is 7.30. The lowest BCUT2D eigenvalue weighted by Gasteiger charge is -2.15. The van der Waals surface area contributed by atoms with E-state index in [0.717, 1.165) is 6.42 Å². The highest BCUT2D eigenvalue weighted by Crippen LogP contribution is 2.15. The van der Waals surface area contributed by atoms with Crippen LogP contribution in [0.2, 0.25) is 0 Å². The molecule has 0 heterocycles. The molecule has 1 amide bonds. The first-order chi connectivity index (χ1) is 9.02. The lowest BCUT2D eigenvalue weighted by molar-refractivity contribution is -0.120. The number of amides is 1. The number of nitrogens with one attached hydrogen (secondary N) is 2. The van der Waals surface area contributed by atoms with Gasteiger partial charge in [-0.1, -0.05) is 38.1 Å². The van der Waals surface area contributed by atoms with E-state index in [-0.39, 0.29) is 11.9 Å². The van der Waals surface area contributed by atoms with Crippen LogP contribution in [0.15, 0.2) is 24.3 Å². The van der Waals surface area contributed by atoms with Gasteiger partial charge >= 0.3 is 0 Å². The van der Waals surface area contributed by atoms with E-state index in [4.69, 9.17) is 0 Å². The maximum Gasteiger partial charge on any atom is 0.221 e. The van der Waals surface area contributed by atoms with Crippen molar-refractivity contribution in [2.75, 3.05) is 13.6 Å². The number of hydrogen-bond acceptors (Lipinski definition) is 2. The average molecular weight is 262 g/mol. The average Bonchev–Trinajstić information content (AvgIpc) is 2.38. The molecule has 0 fully saturated rings. The SMILES string of the molecule is CNC(=O)CCNC(C)c1ccc(CC(C)C)cc1. The van der Waals surface area contributed by atoms with Crippen molar-refractivity contribution >= 4 is 5.91 Å². The summed E-state index contributed by atoms with van der Waals surface area (Å²) in [6, 6.07) is 9.03. The molecule has 3 heteroatoms. The van der Waals surface area contributed by atoms with Crippen molar-refractivity contribution in [1.82, 2.24) is 10.6 Å². The molecule has 1 atom stereocenters. The van der Waals surface area contributed by atoms with Gasteiger partial charge in [0.1, 0.15) is 0 Å². The molecule has 0 aromatic heterocycles. The first kappa shape index (κ1) is 15.7. The van der Waals surface area contributed by atoms with E-state index in [9.17, 15) is 4.79 Å². The van der Waals surface area contributed by atoms with Gasteiger partial charge in [-0.3, -0.25) is 4.79 Å². The normalized spacial score (nSPS) is 12.5. The Balaban J connectivity index is 2.44. The van der Waals surface area contributed by atoms with Crippen molar-refractivity contribution in [3.8, 4) is 0 Å². The summed E-state index contributed by atoms with van der Waals surface area (Å²) in [5, 5.41) is 5.99. The van der Waals surface area contributed by atoms with Crippen molar-refractivity contribution in [1.29, 1.82) is 0 Å². The van der Waals surface area contributed by atoms with Gasteiger partial charge in [0.15, 0.2) is 0 Å². The van der Waals surface area contributed by atoms with Crippen LogP contribution in [0.3, 0.4) is 0 Å². The Morgan fingerprint density at radius 2 is 1.79 bits per heavy atom. The Kier molecular flexibility index (Phi) is 6.57. The second-order valence-corrected chi connectivity index (χ2v) is 5.44. The van der Waals surface area contributed by atoms with Gasteiger partial charge < -0.3 is 10.6 Å². The van der Waals surface area contributed by atoms with Gasteiger partial charge in [-0.05, 0) is 30.4 Å². The second-order valence-electron chi connectivity index (χ2n) is 5.44. The minimum Gasteiger partial charge on any atom is -0.359 e. The summed E-state index contributed by atoms with van der Waals surface area (Å²) in [4.78, 5) is 11.1. The van der Waals surface area contributed by atoms with Crippen LogP contribution in [0, 0.1) is 5.92 Å². The Bertz CT molecular complexity index is 384. The summed E-state index contributed by atoms with van der Waals surface area (Å²) in [5.41, 5.74) is 2.65. The Hall–Kier alpha value is -1.35. The second kappa shape index (κ2) is 7.95. The van der Waals surface area contributed by atoms with Gasteiger partial charge in [0, 0.05) is 26.1 Å².